The molecule has 24 heavy (non-hydrogen) atoms. The van der Waals surface area contributed by atoms with E-state index >= 15 is 0 Å². The number of halogens is 1. The summed E-state index contributed by atoms with van der Waals surface area (Å²) in [6.45, 7) is 3.60. The Labute approximate surface area is 151 Å². The smallest absolute Gasteiger partial charge is 0.234 e. The monoisotopic (exact) mass is 418 g/mol. The summed E-state index contributed by atoms with van der Waals surface area (Å²) in [5.74, 6) is 0.847. The fraction of sp³-hybridized carbons (Fsp3) is 0.562. The van der Waals surface area contributed by atoms with Crippen LogP contribution >= 0.6 is 15.9 Å². The first kappa shape index (κ1) is 19.2. The van der Waals surface area contributed by atoms with Crippen LogP contribution in [0.25, 0.3) is 0 Å². The van der Waals surface area contributed by atoms with Crippen LogP contribution in [0.5, 0.6) is 5.75 Å². The third-order valence-electron chi connectivity index (χ3n) is 4.03. The SMILES string of the molecule is CCN(CC(=O)N[C@H]1CCS(=O)(=O)C1)Cc1ccc(OC)c(Br)c1. The Balaban J connectivity index is 1.89. The fourth-order valence-corrected chi connectivity index (χ4v) is 4.99. The van der Waals surface area contributed by atoms with Crippen LogP contribution < -0.4 is 10.1 Å². The van der Waals surface area contributed by atoms with Crippen LogP contribution in [0.2, 0.25) is 0 Å². The number of nitrogens with zero attached hydrogens (tertiary/aromatic N) is 1. The normalized spacial score (nSPS) is 19.4. The Hall–Kier alpha value is -1.12. The number of hydrogen-bond donors (Lipinski definition) is 1. The number of ether oxygens (including phenoxy) is 1. The predicted octanol–water partition coefficient (Wildman–Crippen LogP) is 1.58. The molecule has 1 fully saturated rings. The molecule has 1 heterocycles. The zero-order valence-corrected chi connectivity index (χ0v) is 16.3. The summed E-state index contributed by atoms with van der Waals surface area (Å²) in [5, 5.41) is 2.83. The maximum Gasteiger partial charge on any atom is 0.234 e. The molecule has 1 aliphatic heterocycles. The van der Waals surface area contributed by atoms with Crippen molar-refractivity contribution in [1.29, 1.82) is 0 Å². The highest BCUT2D eigenvalue weighted by Crippen LogP contribution is 2.26. The molecule has 0 saturated carbocycles. The number of nitrogens with one attached hydrogen (secondary N) is 1. The van der Waals surface area contributed by atoms with Gasteiger partial charge in [0, 0.05) is 12.6 Å². The lowest BCUT2D eigenvalue weighted by atomic mass is 10.2. The summed E-state index contributed by atoms with van der Waals surface area (Å²) in [6.07, 6.45) is 0.506. The molecule has 1 aromatic carbocycles. The van der Waals surface area contributed by atoms with Crippen molar-refractivity contribution in [2.75, 3.05) is 31.7 Å². The van der Waals surface area contributed by atoms with E-state index in [1.807, 2.05) is 30.0 Å². The van der Waals surface area contributed by atoms with Gasteiger partial charge in [-0.1, -0.05) is 13.0 Å². The van der Waals surface area contributed by atoms with E-state index in [-0.39, 0.29) is 30.0 Å². The molecule has 6 nitrogen and oxygen atoms in total. The molecule has 1 aromatic rings. The van der Waals surface area contributed by atoms with Crippen LogP contribution in [-0.4, -0.2) is 57.0 Å². The van der Waals surface area contributed by atoms with E-state index in [0.29, 0.717) is 13.0 Å². The molecule has 134 valence electrons. The van der Waals surface area contributed by atoms with Crippen molar-refractivity contribution in [3.8, 4) is 5.75 Å². The van der Waals surface area contributed by atoms with Gasteiger partial charge < -0.3 is 10.1 Å². The third-order valence-corrected chi connectivity index (χ3v) is 6.42. The van der Waals surface area contributed by atoms with Gasteiger partial charge in [-0.2, -0.15) is 0 Å². The first-order chi connectivity index (χ1) is 11.3. The standard InChI is InChI=1S/C16H23BrN2O4S/c1-3-19(9-12-4-5-15(23-2)14(17)8-12)10-16(20)18-13-6-7-24(21,22)11-13/h4-5,8,13H,3,6-7,9-11H2,1-2H3,(H,18,20)/t13-/m0/s1. The van der Waals surface area contributed by atoms with Crippen LogP contribution in [0.3, 0.4) is 0 Å². The molecule has 0 unspecified atom stereocenters. The van der Waals surface area contributed by atoms with Crippen molar-refractivity contribution >= 4 is 31.7 Å². The number of amides is 1. The van der Waals surface area contributed by atoms with Crippen molar-refractivity contribution in [2.24, 2.45) is 0 Å². The number of methoxy groups -OCH3 is 1. The van der Waals surface area contributed by atoms with Gasteiger partial charge in [0.2, 0.25) is 5.91 Å². The van der Waals surface area contributed by atoms with Gasteiger partial charge in [0.15, 0.2) is 9.84 Å². The van der Waals surface area contributed by atoms with Gasteiger partial charge in [-0.15, -0.1) is 0 Å². The number of likely N-dealkylation sites (N-methyl/N-ethyl adjacent to an activating group) is 1. The largest absolute Gasteiger partial charge is 0.496 e. The van der Waals surface area contributed by atoms with Crippen molar-refractivity contribution in [1.82, 2.24) is 10.2 Å². The summed E-state index contributed by atoms with van der Waals surface area (Å²) in [4.78, 5) is 14.2. The van der Waals surface area contributed by atoms with Crippen molar-refractivity contribution in [2.45, 2.75) is 25.9 Å². The van der Waals surface area contributed by atoms with E-state index in [9.17, 15) is 13.2 Å². The van der Waals surface area contributed by atoms with E-state index in [2.05, 4.69) is 21.2 Å². The van der Waals surface area contributed by atoms with Crippen molar-refractivity contribution in [3.63, 3.8) is 0 Å². The molecule has 8 heteroatoms. The Morgan fingerprint density at radius 3 is 2.75 bits per heavy atom. The lowest BCUT2D eigenvalue weighted by Gasteiger charge is -2.21. The Morgan fingerprint density at radius 2 is 2.21 bits per heavy atom. The molecule has 1 amide bonds. The van der Waals surface area contributed by atoms with Crippen LogP contribution in [0.1, 0.15) is 18.9 Å². The highest BCUT2D eigenvalue weighted by molar-refractivity contribution is 9.10. The molecule has 1 saturated heterocycles. The second-order valence-corrected chi connectivity index (χ2v) is 9.02. The Kier molecular flexibility index (Phi) is 6.65. The average Bonchev–Trinajstić information content (AvgIpc) is 2.85. The van der Waals surface area contributed by atoms with E-state index in [1.54, 1.807) is 7.11 Å². The summed E-state index contributed by atoms with van der Waals surface area (Å²) in [6, 6.07) is 5.57. The molecule has 0 radical (unpaired) electrons. The topological polar surface area (TPSA) is 75.7 Å². The number of sulfone groups is 1. The van der Waals surface area contributed by atoms with E-state index in [1.165, 1.54) is 0 Å². The number of carbonyl (C=O) groups excluding carboxylic acids is 1. The van der Waals surface area contributed by atoms with Gasteiger partial charge in [0.1, 0.15) is 5.75 Å². The second-order valence-electron chi connectivity index (χ2n) is 5.94. The highest BCUT2D eigenvalue weighted by Gasteiger charge is 2.29. The van der Waals surface area contributed by atoms with Crippen molar-refractivity contribution in [3.05, 3.63) is 28.2 Å². The molecular formula is C16H23BrN2O4S. The van der Waals surface area contributed by atoms with Crippen molar-refractivity contribution < 1.29 is 17.9 Å². The molecule has 2 rings (SSSR count). The van der Waals surface area contributed by atoms with Gasteiger partial charge in [0.05, 0.1) is 29.6 Å². The molecule has 0 spiro atoms. The summed E-state index contributed by atoms with van der Waals surface area (Å²) < 4.78 is 29.0. The Morgan fingerprint density at radius 1 is 1.46 bits per heavy atom. The number of hydrogen-bond acceptors (Lipinski definition) is 5. The number of rotatable bonds is 7. The zero-order valence-electron chi connectivity index (χ0n) is 13.9. The molecule has 0 aromatic heterocycles. The van der Waals surface area contributed by atoms with Gasteiger partial charge in [0.25, 0.3) is 0 Å². The molecular weight excluding hydrogens is 396 g/mol. The first-order valence-electron chi connectivity index (χ1n) is 7.87. The van der Waals surface area contributed by atoms with Crippen LogP contribution in [-0.2, 0) is 21.2 Å². The molecule has 0 aliphatic carbocycles. The van der Waals surface area contributed by atoms with Gasteiger partial charge in [-0.3, -0.25) is 9.69 Å². The average molecular weight is 419 g/mol. The van der Waals surface area contributed by atoms with E-state index in [4.69, 9.17) is 4.74 Å². The minimum atomic E-state index is -2.98. The number of carbonyl (C=O) groups is 1. The van der Waals surface area contributed by atoms with Crippen LogP contribution in [0.4, 0.5) is 0 Å². The number of benzene rings is 1. The molecule has 1 N–H and O–H groups in total. The molecule has 1 aliphatic rings. The lowest BCUT2D eigenvalue weighted by Crippen LogP contribution is -2.42. The maximum atomic E-state index is 12.2. The quantitative estimate of drug-likeness (QED) is 0.727. The Bertz CT molecular complexity index is 693. The summed E-state index contributed by atoms with van der Waals surface area (Å²) in [7, 11) is -1.36. The zero-order chi connectivity index (χ0) is 17.7. The highest BCUT2D eigenvalue weighted by atomic mass is 79.9. The molecule has 0 bridgehead atoms. The predicted molar refractivity (Wildman–Crippen MR) is 96.8 cm³/mol. The van der Waals surface area contributed by atoms with E-state index in [0.717, 1.165) is 22.3 Å². The summed E-state index contributed by atoms with van der Waals surface area (Å²) in [5.41, 5.74) is 1.07. The van der Waals surface area contributed by atoms with Gasteiger partial charge in [-0.25, -0.2) is 8.42 Å². The molecule has 1 atom stereocenters. The minimum absolute atomic E-state index is 0.0519. The third kappa shape index (κ3) is 5.46. The van der Waals surface area contributed by atoms with E-state index < -0.39 is 9.84 Å². The lowest BCUT2D eigenvalue weighted by molar-refractivity contribution is -0.122. The fourth-order valence-electron chi connectivity index (χ4n) is 2.73. The van der Waals surface area contributed by atoms with Crippen LogP contribution in [0.15, 0.2) is 22.7 Å². The first-order valence-corrected chi connectivity index (χ1v) is 10.5. The summed E-state index contributed by atoms with van der Waals surface area (Å²) >= 11 is 3.46. The van der Waals surface area contributed by atoms with Crippen LogP contribution in [0, 0.1) is 0 Å². The minimum Gasteiger partial charge on any atom is -0.496 e. The second kappa shape index (κ2) is 8.31. The van der Waals surface area contributed by atoms with Gasteiger partial charge >= 0.3 is 0 Å². The van der Waals surface area contributed by atoms with Gasteiger partial charge in [-0.05, 0) is 46.6 Å². The maximum absolute atomic E-state index is 12.2.